The normalized spacial score (nSPS) is 16.7. The van der Waals surface area contributed by atoms with Crippen LogP contribution in [0.4, 0.5) is 23.0 Å². The van der Waals surface area contributed by atoms with Gasteiger partial charge in [0, 0.05) is 23.2 Å². The van der Waals surface area contributed by atoms with Crippen molar-refractivity contribution in [1.29, 1.82) is 0 Å². The fourth-order valence-corrected chi connectivity index (χ4v) is 5.00. The zero-order valence-corrected chi connectivity index (χ0v) is 22.1. The van der Waals surface area contributed by atoms with Gasteiger partial charge in [0.2, 0.25) is 11.8 Å². The summed E-state index contributed by atoms with van der Waals surface area (Å²) >= 11 is 0. The summed E-state index contributed by atoms with van der Waals surface area (Å²) < 4.78 is 0. The molecule has 2 amide bonds. The minimum atomic E-state index is -0.159. The molecule has 1 saturated carbocycles. The lowest BCUT2D eigenvalue weighted by atomic mass is 9.78. The Bertz CT molecular complexity index is 1330. The lowest BCUT2D eigenvalue weighted by molar-refractivity contribution is -0.116. The first-order chi connectivity index (χ1) is 19.4. The average Bonchev–Trinajstić information content (AvgIpc) is 2.96. The highest BCUT2D eigenvalue weighted by atomic mass is 16.2. The van der Waals surface area contributed by atoms with E-state index in [0.717, 1.165) is 48.2 Å². The molecule has 0 radical (unpaired) electrons. The molecule has 10 heteroatoms. The lowest BCUT2D eigenvalue weighted by Gasteiger charge is -2.28. The molecule has 4 aromatic rings. The van der Waals surface area contributed by atoms with Crippen LogP contribution in [0.2, 0.25) is 0 Å². The maximum atomic E-state index is 12.4. The smallest absolute Gasteiger partial charge is 0.229 e. The van der Waals surface area contributed by atoms with E-state index in [1.54, 1.807) is 36.4 Å². The van der Waals surface area contributed by atoms with Gasteiger partial charge < -0.3 is 22.1 Å². The fourth-order valence-electron chi connectivity index (χ4n) is 5.00. The summed E-state index contributed by atoms with van der Waals surface area (Å²) in [6.07, 6.45) is 4.43. The number of nitrogens with two attached hydrogens (primary N) is 2. The lowest BCUT2D eigenvalue weighted by Crippen LogP contribution is -2.18. The molecule has 10 nitrogen and oxygen atoms in total. The Morgan fingerprint density at radius 1 is 0.625 bits per heavy atom. The SMILES string of the molecule is Nc1ccc(CC(=O)Nc2ccc([C@H]3CCC[C@H](c4ccc(NC(=O)Cc5ccc(N)cc5)nn4)C3)nn2)cc1. The van der Waals surface area contributed by atoms with Gasteiger partial charge in [0.15, 0.2) is 11.6 Å². The van der Waals surface area contributed by atoms with Crippen LogP contribution in [0, 0.1) is 0 Å². The molecule has 2 heterocycles. The van der Waals surface area contributed by atoms with Gasteiger partial charge in [0.1, 0.15) is 0 Å². The molecule has 1 aliphatic carbocycles. The number of carbonyl (C=O) groups excluding carboxylic acids is 2. The van der Waals surface area contributed by atoms with Crippen LogP contribution in [-0.4, -0.2) is 32.2 Å². The second-order valence-corrected chi connectivity index (χ2v) is 10.2. The zero-order chi connectivity index (χ0) is 27.9. The third kappa shape index (κ3) is 7.16. The highest BCUT2D eigenvalue weighted by Gasteiger charge is 2.27. The van der Waals surface area contributed by atoms with Crippen molar-refractivity contribution >= 4 is 34.8 Å². The predicted octanol–water partition coefficient (Wildman–Crippen LogP) is 4.23. The summed E-state index contributed by atoms with van der Waals surface area (Å²) in [5, 5.41) is 22.9. The van der Waals surface area contributed by atoms with Crippen LogP contribution in [0.25, 0.3) is 0 Å². The van der Waals surface area contributed by atoms with Gasteiger partial charge in [-0.25, -0.2) is 0 Å². The summed E-state index contributed by atoms with van der Waals surface area (Å²) in [5.74, 6) is 1.02. The molecular weight excluding hydrogens is 504 g/mol. The summed E-state index contributed by atoms with van der Waals surface area (Å²) in [7, 11) is 0. The highest BCUT2D eigenvalue weighted by molar-refractivity contribution is 5.91. The van der Waals surface area contributed by atoms with Crippen molar-refractivity contribution in [2.45, 2.75) is 50.4 Å². The molecule has 0 aliphatic heterocycles. The van der Waals surface area contributed by atoms with Gasteiger partial charge in [0.05, 0.1) is 24.2 Å². The maximum absolute atomic E-state index is 12.4. The Morgan fingerprint density at radius 3 is 1.43 bits per heavy atom. The Kier molecular flexibility index (Phi) is 8.24. The van der Waals surface area contributed by atoms with Crippen LogP contribution < -0.4 is 22.1 Å². The summed E-state index contributed by atoms with van der Waals surface area (Å²) in [6, 6.07) is 21.9. The van der Waals surface area contributed by atoms with Gasteiger partial charge in [-0.3, -0.25) is 9.59 Å². The largest absolute Gasteiger partial charge is 0.399 e. The van der Waals surface area contributed by atoms with Gasteiger partial charge >= 0.3 is 0 Å². The third-order valence-electron chi connectivity index (χ3n) is 7.10. The fraction of sp³-hybridized carbons (Fsp3) is 0.267. The second kappa shape index (κ2) is 12.3. The molecule has 1 aliphatic rings. The van der Waals surface area contributed by atoms with E-state index in [-0.39, 0.29) is 36.5 Å². The second-order valence-electron chi connectivity index (χ2n) is 10.2. The number of aromatic nitrogens is 4. The molecule has 0 saturated heterocycles. The number of anilines is 4. The van der Waals surface area contributed by atoms with E-state index >= 15 is 0 Å². The summed E-state index contributed by atoms with van der Waals surface area (Å²) in [4.78, 5) is 24.8. The molecule has 0 bridgehead atoms. The van der Waals surface area contributed by atoms with Gasteiger partial charge in [-0.15, -0.1) is 10.2 Å². The number of nitrogens with one attached hydrogen (secondary N) is 2. The minimum absolute atomic E-state index is 0.159. The topological polar surface area (TPSA) is 162 Å². The first kappa shape index (κ1) is 26.7. The Labute approximate surface area is 232 Å². The van der Waals surface area contributed by atoms with E-state index < -0.39 is 0 Å². The van der Waals surface area contributed by atoms with Gasteiger partial charge in [-0.2, -0.15) is 10.2 Å². The molecule has 0 unspecified atom stereocenters. The van der Waals surface area contributed by atoms with Gasteiger partial charge in [-0.1, -0.05) is 30.7 Å². The molecule has 2 atom stereocenters. The molecule has 1 fully saturated rings. The molecule has 2 aromatic carbocycles. The number of nitrogens with zero attached hydrogens (tertiary/aromatic N) is 4. The maximum Gasteiger partial charge on any atom is 0.229 e. The number of amides is 2. The van der Waals surface area contributed by atoms with E-state index in [2.05, 4.69) is 31.0 Å². The van der Waals surface area contributed by atoms with Crippen LogP contribution in [0.15, 0.2) is 72.8 Å². The van der Waals surface area contributed by atoms with E-state index in [1.807, 2.05) is 36.4 Å². The molecule has 40 heavy (non-hydrogen) atoms. The van der Waals surface area contributed by atoms with E-state index in [0.29, 0.717) is 23.0 Å². The van der Waals surface area contributed by atoms with Crippen LogP contribution in [0.3, 0.4) is 0 Å². The zero-order valence-electron chi connectivity index (χ0n) is 22.1. The van der Waals surface area contributed by atoms with E-state index in [9.17, 15) is 9.59 Å². The van der Waals surface area contributed by atoms with Crippen molar-refractivity contribution in [3.8, 4) is 0 Å². The van der Waals surface area contributed by atoms with E-state index in [1.165, 1.54) is 0 Å². The standard InChI is InChI=1S/C30H32N8O2/c31-23-8-4-19(5-9-23)16-29(39)33-27-14-12-25(35-37-27)21-2-1-3-22(18-21)26-13-15-28(38-36-26)34-30(40)17-20-6-10-24(32)11-7-20/h4-15,21-22H,1-3,16-18,31-32H2,(H,33,37,39)(H,34,38,40)/t21-,22-/m0/s1. The van der Waals surface area contributed by atoms with Crippen molar-refractivity contribution in [3.05, 3.63) is 95.3 Å². The number of hydrogen-bond acceptors (Lipinski definition) is 8. The molecule has 0 spiro atoms. The monoisotopic (exact) mass is 536 g/mol. The van der Waals surface area contributed by atoms with Gasteiger partial charge in [0.25, 0.3) is 0 Å². The Morgan fingerprint density at radius 2 is 1.05 bits per heavy atom. The van der Waals surface area contributed by atoms with Crippen LogP contribution in [0.1, 0.15) is 60.0 Å². The van der Waals surface area contributed by atoms with Crippen LogP contribution >= 0.6 is 0 Å². The highest BCUT2D eigenvalue weighted by Crippen LogP contribution is 2.40. The summed E-state index contributed by atoms with van der Waals surface area (Å²) in [5.41, 5.74) is 16.3. The molecule has 204 valence electrons. The number of nitrogen functional groups attached to an aromatic ring is 2. The Balaban J connectivity index is 1.13. The van der Waals surface area contributed by atoms with Crippen molar-refractivity contribution in [2.75, 3.05) is 22.1 Å². The van der Waals surface area contributed by atoms with Crippen molar-refractivity contribution in [2.24, 2.45) is 0 Å². The van der Waals surface area contributed by atoms with E-state index in [4.69, 9.17) is 11.5 Å². The Hall–Kier alpha value is -4.86. The summed E-state index contributed by atoms with van der Waals surface area (Å²) in [6.45, 7) is 0. The minimum Gasteiger partial charge on any atom is -0.399 e. The van der Waals surface area contributed by atoms with Crippen LogP contribution in [0.5, 0.6) is 0 Å². The molecule has 6 N–H and O–H groups in total. The molecule has 5 rings (SSSR count). The number of rotatable bonds is 8. The number of benzene rings is 2. The first-order valence-electron chi connectivity index (χ1n) is 13.4. The quantitative estimate of drug-likeness (QED) is 0.243. The number of hydrogen-bond donors (Lipinski definition) is 4. The third-order valence-corrected chi connectivity index (χ3v) is 7.10. The van der Waals surface area contributed by atoms with Crippen LogP contribution in [-0.2, 0) is 22.4 Å². The first-order valence-corrected chi connectivity index (χ1v) is 13.4. The number of carbonyl (C=O) groups is 2. The predicted molar refractivity (Wildman–Crippen MR) is 154 cm³/mol. The van der Waals surface area contributed by atoms with Crippen molar-refractivity contribution in [1.82, 2.24) is 20.4 Å². The van der Waals surface area contributed by atoms with Crippen molar-refractivity contribution in [3.63, 3.8) is 0 Å². The molecular formula is C30H32N8O2. The van der Waals surface area contributed by atoms with Gasteiger partial charge in [-0.05, 0) is 78.9 Å². The molecule has 2 aromatic heterocycles. The van der Waals surface area contributed by atoms with Crippen molar-refractivity contribution < 1.29 is 9.59 Å². The average molecular weight is 537 g/mol.